The van der Waals surface area contributed by atoms with Gasteiger partial charge in [0.15, 0.2) is 0 Å². The minimum Gasteiger partial charge on any atom is -0.507 e. The number of hydrogen-bond acceptors (Lipinski definition) is 3. The molecular formula is C15H24N2O. The lowest BCUT2D eigenvalue weighted by Gasteiger charge is -2.32. The number of likely N-dealkylation sites (tertiary alicyclic amines) is 1. The molecule has 0 spiro atoms. The predicted octanol–water partition coefficient (Wildman–Crippen LogP) is 2.27. The van der Waals surface area contributed by atoms with E-state index in [9.17, 15) is 5.11 Å². The van der Waals surface area contributed by atoms with Crippen molar-refractivity contribution in [1.82, 2.24) is 10.2 Å². The first-order valence-electron chi connectivity index (χ1n) is 6.94. The van der Waals surface area contributed by atoms with E-state index in [0.717, 1.165) is 30.8 Å². The molecule has 0 amide bonds. The second kappa shape index (κ2) is 6.21. The number of piperidine rings is 1. The van der Waals surface area contributed by atoms with E-state index < -0.39 is 0 Å². The second-order valence-electron chi connectivity index (χ2n) is 5.20. The minimum absolute atomic E-state index is 0.438. The molecule has 0 saturated carbocycles. The van der Waals surface area contributed by atoms with Gasteiger partial charge in [-0.05, 0) is 38.4 Å². The highest BCUT2D eigenvalue weighted by Gasteiger charge is 2.18. The number of para-hydroxylation sites is 1. The van der Waals surface area contributed by atoms with Gasteiger partial charge in [0, 0.05) is 24.7 Å². The molecule has 1 heterocycles. The van der Waals surface area contributed by atoms with Crippen LogP contribution >= 0.6 is 0 Å². The van der Waals surface area contributed by atoms with Crippen molar-refractivity contribution < 1.29 is 5.11 Å². The summed E-state index contributed by atoms with van der Waals surface area (Å²) in [4.78, 5) is 2.48. The molecule has 2 N–H and O–H groups in total. The van der Waals surface area contributed by atoms with Crippen molar-refractivity contribution in [2.75, 3.05) is 19.6 Å². The first-order valence-corrected chi connectivity index (χ1v) is 6.94. The summed E-state index contributed by atoms with van der Waals surface area (Å²) in [5.74, 6) is 0.438. The number of phenols is 1. The van der Waals surface area contributed by atoms with E-state index in [1.165, 1.54) is 19.4 Å². The molecule has 1 atom stereocenters. The first-order chi connectivity index (χ1) is 8.70. The predicted molar refractivity (Wildman–Crippen MR) is 74.8 cm³/mol. The fourth-order valence-electron chi connectivity index (χ4n) is 2.63. The number of rotatable bonds is 4. The van der Waals surface area contributed by atoms with Crippen LogP contribution in [0.1, 0.15) is 30.9 Å². The van der Waals surface area contributed by atoms with Crippen LogP contribution in [0.2, 0.25) is 0 Å². The first kappa shape index (κ1) is 13.4. The largest absolute Gasteiger partial charge is 0.507 e. The summed E-state index contributed by atoms with van der Waals surface area (Å²) in [5, 5.41) is 13.5. The third-order valence-electron chi connectivity index (χ3n) is 3.86. The number of benzene rings is 1. The summed E-state index contributed by atoms with van der Waals surface area (Å²) in [7, 11) is 0. The number of aryl methyl sites for hydroxylation is 1. The maximum atomic E-state index is 9.97. The van der Waals surface area contributed by atoms with E-state index in [1.54, 1.807) is 0 Å². The van der Waals surface area contributed by atoms with Gasteiger partial charge < -0.3 is 15.3 Å². The second-order valence-corrected chi connectivity index (χ2v) is 5.20. The number of nitrogens with one attached hydrogen (secondary N) is 1. The van der Waals surface area contributed by atoms with Crippen LogP contribution in [0.25, 0.3) is 0 Å². The molecule has 1 fully saturated rings. The Labute approximate surface area is 110 Å². The Morgan fingerprint density at radius 3 is 3.06 bits per heavy atom. The molecule has 2 rings (SSSR count). The van der Waals surface area contributed by atoms with Gasteiger partial charge in [-0.1, -0.05) is 25.1 Å². The van der Waals surface area contributed by atoms with Crippen LogP contribution in [0.3, 0.4) is 0 Å². The third kappa shape index (κ3) is 3.24. The van der Waals surface area contributed by atoms with E-state index in [-0.39, 0.29) is 0 Å². The monoisotopic (exact) mass is 248 g/mol. The van der Waals surface area contributed by atoms with Crippen molar-refractivity contribution in [3.05, 3.63) is 29.3 Å². The highest BCUT2D eigenvalue weighted by Crippen LogP contribution is 2.21. The zero-order valence-electron chi connectivity index (χ0n) is 11.4. The van der Waals surface area contributed by atoms with Crippen LogP contribution in [-0.2, 0) is 6.54 Å². The van der Waals surface area contributed by atoms with Gasteiger partial charge >= 0.3 is 0 Å². The van der Waals surface area contributed by atoms with Crippen molar-refractivity contribution in [3.8, 4) is 5.75 Å². The number of likely N-dealkylation sites (N-methyl/N-ethyl adjacent to an activating group) is 1. The van der Waals surface area contributed by atoms with Crippen molar-refractivity contribution in [2.24, 2.45) is 0 Å². The van der Waals surface area contributed by atoms with E-state index in [2.05, 4.69) is 17.1 Å². The van der Waals surface area contributed by atoms with E-state index in [4.69, 9.17) is 0 Å². The molecule has 1 aromatic carbocycles. The lowest BCUT2D eigenvalue weighted by atomic mass is 10.0. The molecule has 3 nitrogen and oxygen atoms in total. The van der Waals surface area contributed by atoms with Gasteiger partial charge in [0.05, 0.1) is 0 Å². The Morgan fingerprint density at radius 1 is 1.44 bits per heavy atom. The quantitative estimate of drug-likeness (QED) is 0.858. The van der Waals surface area contributed by atoms with Gasteiger partial charge in [-0.3, -0.25) is 0 Å². The van der Waals surface area contributed by atoms with Crippen LogP contribution in [0.15, 0.2) is 18.2 Å². The summed E-state index contributed by atoms with van der Waals surface area (Å²) >= 11 is 0. The molecular weight excluding hydrogens is 224 g/mol. The number of phenolic OH excluding ortho intramolecular Hbond substituents is 1. The van der Waals surface area contributed by atoms with Crippen LogP contribution in [-0.4, -0.2) is 35.7 Å². The lowest BCUT2D eigenvalue weighted by Crippen LogP contribution is -2.45. The van der Waals surface area contributed by atoms with Gasteiger partial charge in [0.1, 0.15) is 5.75 Å². The minimum atomic E-state index is 0.438. The van der Waals surface area contributed by atoms with Crippen molar-refractivity contribution in [1.29, 1.82) is 0 Å². The van der Waals surface area contributed by atoms with Gasteiger partial charge in [0.2, 0.25) is 0 Å². The molecule has 1 aliphatic rings. The fraction of sp³-hybridized carbons (Fsp3) is 0.600. The average molecular weight is 248 g/mol. The molecule has 3 heteroatoms. The summed E-state index contributed by atoms with van der Waals surface area (Å²) in [6.45, 7) is 8.41. The SMILES string of the molecule is CCN1CCCC(NCc2cccc(C)c2O)C1. The maximum Gasteiger partial charge on any atom is 0.122 e. The molecule has 0 aliphatic carbocycles. The Bertz CT molecular complexity index is 392. The number of aromatic hydroxyl groups is 1. The summed E-state index contributed by atoms with van der Waals surface area (Å²) < 4.78 is 0. The number of nitrogens with zero attached hydrogens (tertiary/aromatic N) is 1. The van der Waals surface area contributed by atoms with E-state index in [1.807, 2.05) is 25.1 Å². The van der Waals surface area contributed by atoms with Gasteiger partial charge in [-0.25, -0.2) is 0 Å². The molecule has 18 heavy (non-hydrogen) atoms. The lowest BCUT2D eigenvalue weighted by molar-refractivity contribution is 0.198. The Morgan fingerprint density at radius 2 is 2.28 bits per heavy atom. The molecule has 1 aromatic rings. The molecule has 1 unspecified atom stereocenters. The Hall–Kier alpha value is -1.06. The van der Waals surface area contributed by atoms with Crippen LogP contribution in [0.5, 0.6) is 5.75 Å². The zero-order chi connectivity index (χ0) is 13.0. The summed E-state index contributed by atoms with van der Waals surface area (Å²) in [6.07, 6.45) is 2.51. The average Bonchev–Trinajstić information content (AvgIpc) is 2.41. The van der Waals surface area contributed by atoms with E-state index >= 15 is 0 Å². The molecule has 1 saturated heterocycles. The summed E-state index contributed by atoms with van der Waals surface area (Å²) in [5.41, 5.74) is 1.96. The van der Waals surface area contributed by atoms with Crippen molar-refractivity contribution in [3.63, 3.8) is 0 Å². The molecule has 0 bridgehead atoms. The highest BCUT2D eigenvalue weighted by atomic mass is 16.3. The van der Waals surface area contributed by atoms with Crippen LogP contribution in [0, 0.1) is 6.92 Å². The van der Waals surface area contributed by atoms with Gasteiger partial charge in [0.25, 0.3) is 0 Å². The summed E-state index contributed by atoms with van der Waals surface area (Å²) in [6, 6.07) is 6.50. The number of hydrogen-bond donors (Lipinski definition) is 2. The van der Waals surface area contributed by atoms with E-state index in [0.29, 0.717) is 11.8 Å². The molecule has 0 aromatic heterocycles. The highest BCUT2D eigenvalue weighted by molar-refractivity contribution is 5.39. The molecule has 1 aliphatic heterocycles. The third-order valence-corrected chi connectivity index (χ3v) is 3.86. The smallest absolute Gasteiger partial charge is 0.122 e. The molecule has 100 valence electrons. The van der Waals surface area contributed by atoms with Gasteiger partial charge in [-0.2, -0.15) is 0 Å². The van der Waals surface area contributed by atoms with Gasteiger partial charge in [-0.15, -0.1) is 0 Å². The Balaban J connectivity index is 1.89. The van der Waals surface area contributed by atoms with Crippen molar-refractivity contribution in [2.45, 2.75) is 39.3 Å². The van der Waals surface area contributed by atoms with Crippen molar-refractivity contribution >= 4 is 0 Å². The fourth-order valence-corrected chi connectivity index (χ4v) is 2.63. The normalized spacial score (nSPS) is 21.1. The maximum absolute atomic E-state index is 9.97. The Kier molecular flexibility index (Phi) is 4.61. The topological polar surface area (TPSA) is 35.5 Å². The standard InChI is InChI=1S/C15H24N2O/c1-3-17-9-5-8-14(11-17)16-10-13-7-4-6-12(2)15(13)18/h4,6-7,14,16,18H,3,5,8-11H2,1-2H3. The zero-order valence-corrected chi connectivity index (χ0v) is 11.4. The molecule has 0 radical (unpaired) electrons. The van der Waals surface area contributed by atoms with Crippen LogP contribution < -0.4 is 5.32 Å². The van der Waals surface area contributed by atoms with Crippen LogP contribution in [0.4, 0.5) is 0 Å².